The van der Waals surface area contributed by atoms with Crippen molar-refractivity contribution >= 4 is 34.6 Å². The summed E-state index contributed by atoms with van der Waals surface area (Å²) in [4.78, 5) is 19.0. The number of hydrogen-bond donors (Lipinski definition) is 2. The fourth-order valence-electron chi connectivity index (χ4n) is 4.54. The van der Waals surface area contributed by atoms with E-state index in [1.54, 1.807) is 0 Å². The van der Waals surface area contributed by atoms with Crippen LogP contribution in [0.3, 0.4) is 0 Å². The lowest BCUT2D eigenvalue weighted by molar-refractivity contribution is -0.118. The lowest BCUT2D eigenvalue weighted by Gasteiger charge is -2.28. The second kappa shape index (κ2) is 9.95. The molecule has 2 aromatic carbocycles. The van der Waals surface area contributed by atoms with Gasteiger partial charge in [0.25, 0.3) is 0 Å². The molecule has 5 rings (SSSR count). The number of pyridine rings is 1. The van der Waals surface area contributed by atoms with E-state index < -0.39 is 0 Å². The maximum absolute atomic E-state index is 12.3. The van der Waals surface area contributed by atoms with Crippen LogP contribution in [-0.2, 0) is 4.79 Å². The van der Waals surface area contributed by atoms with Gasteiger partial charge >= 0.3 is 0 Å². The summed E-state index contributed by atoms with van der Waals surface area (Å²) in [5, 5.41) is 7.17. The molecular formula is C29H29N5OS. The van der Waals surface area contributed by atoms with Gasteiger partial charge in [-0.1, -0.05) is 38.1 Å². The highest BCUT2D eigenvalue weighted by molar-refractivity contribution is 7.80. The first kappa shape index (κ1) is 23.8. The highest BCUT2D eigenvalue weighted by Crippen LogP contribution is 2.42. The lowest BCUT2D eigenvalue weighted by Crippen LogP contribution is -2.29. The van der Waals surface area contributed by atoms with Gasteiger partial charge in [-0.2, -0.15) is 0 Å². The van der Waals surface area contributed by atoms with Gasteiger partial charge in [0.1, 0.15) is 0 Å². The molecule has 1 amide bonds. The summed E-state index contributed by atoms with van der Waals surface area (Å²) in [6.07, 6.45) is 6.05. The van der Waals surface area contributed by atoms with E-state index in [4.69, 9.17) is 12.2 Å². The number of hydrogen-bond acceptors (Lipinski definition) is 3. The van der Waals surface area contributed by atoms with Crippen LogP contribution in [-0.4, -0.2) is 20.6 Å². The van der Waals surface area contributed by atoms with E-state index in [-0.39, 0.29) is 23.9 Å². The average Bonchev–Trinajstić information content (AvgIpc) is 3.51. The first-order valence-corrected chi connectivity index (χ1v) is 12.5. The summed E-state index contributed by atoms with van der Waals surface area (Å²) in [6.45, 7) is 5.78. The van der Waals surface area contributed by atoms with Crippen molar-refractivity contribution in [2.45, 2.75) is 32.9 Å². The first-order chi connectivity index (χ1) is 17.4. The number of anilines is 2. The van der Waals surface area contributed by atoms with Crippen molar-refractivity contribution in [1.29, 1.82) is 0 Å². The molecule has 0 saturated carbocycles. The van der Waals surface area contributed by atoms with Crippen LogP contribution >= 0.6 is 12.2 Å². The lowest BCUT2D eigenvalue weighted by atomic mass is 9.98. The summed E-state index contributed by atoms with van der Waals surface area (Å²) in [7, 11) is 0. The number of aryl methyl sites for hydroxylation is 1. The maximum atomic E-state index is 12.3. The van der Waals surface area contributed by atoms with Crippen molar-refractivity contribution in [3.8, 4) is 5.69 Å². The van der Waals surface area contributed by atoms with Crippen molar-refractivity contribution in [3.63, 3.8) is 0 Å². The number of nitrogens with one attached hydrogen (secondary N) is 2. The second-order valence-corrected chi connectivity index (χ2v) is 9.71. The number of nitrogens with zero attached hydrogens (tertiary/aromatic N) is 3. The highest BCUT2D eigenvalue weighted by atomic mass is 32.1. The van der Waals surface area contributed by atoms with E-state index >= 15 is 0 Å². The molecule has 1 saturated heterocycles. The van der Waals surface area contributed by atoms with E-state index in [1.165, 1.54) is 0 Å². The zero-order chi connectivity index (χ0) is 25.2. The van der Waals surface area contributed by atoms with Gasteiger partial charge in [0.2, 0.25) is 5.91 Å². The zero-order valence-corrected chi connectivity index (χ0v) is 21.4. The van der Waals surface area contributed by atoms with Crippen molar-refractivity contribution < 1.29 is 4.79 Å². The van der Waals surface area contributed by atoms with Crippen molar-refractivity contribution in [2.24, 2.45) is 5.92 Å². The average molecular weight is 496 g/mol. The third-order valence-corrected chi connectivity index (χ3v) is 6.79. The van der Waals surface area contributed by atoms with Crippen LogP contribution in [0.4, 0.5) is 11.4 Å². The molecule has 182 valence electrons. The molecule has 6 nitrogen and oxygen atoms in total. The van der Waals surface area contributed by atoms with Gasteiger partial charge in [0.05, 0.1) is 17.8 Å². The Balaban J connectivity index is 1.54. The molecule has 3 heterocycles. The highest BCUT2D eigenvalue weighted by Gasteiger charge is 2.41. The molecule has 2 N–H and O–H groups in total. The zero-order valence-electron chi connectivity index (χ0n) is 20.6. The Hall–Kier alpha value is -3.97. The van der Waals surface area contributed by atoms with Gasteiger partial charge in [0.15, 0.2) is 5.11 Å². The Kier molecular flexibility index (Phi) is 6.57. The first-order valence-electron chi connectivity index (χ1n) is 12.1. The molecule has 4 aromatic rings. The van der Waals surface area contributed by atoms with Crippen LogP contribution in [0.5, 0.6) is 0 Å². The number of benzene rings is 2. The van der Waals surface area contributed by atoms with Gasteiger partial charge in [-0.05, 0) is 78.8 Å². The van der Waals surface area contributed by atoms with Gasteiger partial charge < -0.3 is 20.1 Å². The van der Waals surface area contributed by atoms with Crippen LogP contribution in [0.1, 0.15) is 42.8 Å². The molecule has 2 atom stereocenters. The monoisotopic (exact) mass is 495 g/mol. The normalized spacial score (nSPS) is 17.3. The molecule has 1 aliphatic rings. The molecule has 0 unspecified atom stereocenters. The summed E-state index contributed by atoms with van der Waals surface area (Å²) in [6, 6.07) is 24.2. The van der Waals surface area contributed by atoms with E-state index in [9.17, 15) is 4.79 Å². The quantitative estimate of drug-likeness (QED) is 0.324. The largest absolute Gasteiger partial charge is 0.351 e. The number of amides is 1. The molecule has 36 heavy (non-hydrogen) atoms. The third kappa shape index (κ3) is 4.62. The fourth-order valence-corrected chi connectivity index (χ4v) is 4.88. The summed E-state index contributed by atoms with van der Waals surface area (Å²) in [5.41, 5.74) is 5.89. The number of aromatic nitrogens is 2. The molecule has 0 bridgehead atoms. The number of carbonyl (C=O) groups excluding carboxylic acids is 1. The molecule has 0 radical (unpaired) electrons. The summed E-state index contributed by atoms with van der Waals surface area (Å²) < 4.78 is 2.13. The van der Waals surface area contributed by atoms with Crippen molar-refractivity contribution in [3.05, 3.63) is 108 Å². The number of rotatable bonds is 6. The Labute approximate surface area is 217 Å². The van der Waals surface area contributed by atoms with Gasteiger partial charge in [-0.25, -0.2) is 0 Å². The standard InChI is InChI=1S/C29H29N5OS/c1-19(2)28(35)31-24-13-12-23(17-20(24)3)34-27(26(32-29(34)36)25-11-7-8-15-30-25)21-14-16-33(18-21)22-9-5-4-6-10-22/h4-19,26-27H,1-3H3,(H,31,35)(H,32,36)/t26-,27-/m1/s1. The Morgan fingerprint density at radius 2 is 1.81 bits per heavy atom. The van der Waals surface area contributed by atoms with Gasteiger partial charge in [-0.15, -0.1) is 0 Å². The second-order valence-electron chi connectivity index (χ2n) is 9.33. The minimum Gasteiger partial charge on any atom is -0.351 e. The molecule has 0 spiro atoms. The van der Waals surface area contributed by atoms with Gasteiger partial charge in [0, 0.05) is 41.6 Å². The molecular weight excluding hydrogens is 466 g/mol. The van der Waals surface area contributed by atoms with E-state index in [0.717, 1.165) is 33.9 Å². The van der Waals surface area contributed by atoms with Crippen molar-refractivity contribution in [2.75, 3.05) is 10.2 Å². The molecule has 1 fully saturated rings. The van der Waals surface area contributed by atoms with E-state index in [2.05, 4.69) is 61.7 Å². The summed E-state index contributed by atoms with van der Waals surface area (Å²) >= 11 is 5.87. The maximum Gasteiger partial charge on any atom is 0.226 e. The summed E-state index contributed by atoms with van der Waals surface area (Å²) in [5.74, 6) is -0.0869. The molecule has 1 aliphatic heterocycles. The smallest absolute Gasteiger partial charge is 0.226 e. The number of thiocarbonyl (C=S) groups is 1. The predicted molar refractivity (Wildman–Crippen MR) is 148 cm³/mol. The van der Waals surface area contributed by atoms with Crippen LogP contribution in [0.25, 0.3) is 5.69 Å². The fraction of sp³-hybridized carbons (Fsp3) is 0.207. The number of para-hydroxylation sites is 1. The van der Waals surface area contributed by atoms with Gasteiger partial charge in [-0.3, -0.25) is 9.78 Å². The minimum absolute atomic E-state index is 0.000413. The van der Waals surface area contributed by atoms with Crippen LogP contribution in [0, 0.1) is 12.8 Å². The Morgan fingerprint density at radius 1 is 1.03 bits per heavy atom. The predicted octanol–water partition coefficient (Wildman–Crippen LogP) is 5.95. The van der Waals surface area contributed by atoms with E-state index in [0.29, 0.717) is 5.11 Å². The topological polar surface area (TPSA) is 62.2 Å². The van der Waals surface area contributed by atoms with Crippen LogP contribution in [0.15, 0.2) is 91.4 Å². The van der Waals surface area contributed by atoms with Crippen LogP contribution < -0.4 is 15.5 Å². The Bertz CT molecular complexity index is 1380. The number of carbonyl (C=O) groups is 1. The Morgan fingerprint density at radius 3 is 2.50 bits per heavy atom. The minimum atomic E-state index is -0.119. The molecule has 7 heteroatoms. The van der Waals surface area contributed by atoms with Crippen LogP contribution in [0.2, 0.25) is 0 Å². The van der Waals surface area contributed by atoms with Crippen molar-refractivity contribution in [1.82, 2.24) is 14.9 Å². The van der Waals surface area contributed by atoms with E-state index in [1.807, 2.05) is 75.5 Å². The third-order valence-electron chi connectivity index (χ3n) is 6.48. The molecule has 0 aliphatic carbocycles. The molecule has 2 aromatic heterocycles. The SMILES string of the molecule is Cc1cc(N2C(=S)N[C@H](c3ccccn3)[C@H]2c2ccn(-c3ccccc3)c2)ccc1NC(=O)C(C)C.